The minimum Gasteiger partial charge on any atom is -0.381 e. The number of ether oxygens (including phenoxy) is 1. The van der Waals surface area contributed by atoms with Crippen molar-refractivity contribution in [3.63, 3.8) is 0 Å². The highest BCUT2D eigenvalue weighted by molar-refractivity contribution is 5.83. The molecule has 1 saturated heterocycles. The van der Waals surface area contributed by atoms with E-state index in [4.69, 9.17) is 4.74 Å². The van der Waals surface area contributed by atoms with E-state index in [9.17, 15) is 4.79 Å². The van der Waals surface area contributed by atoms with Crippen LogP contribution >= 0.6 is 0 Å². The van der Waals surface area contributed by atoms with Gasteiger partial charge in [0.05, 0.1) is 0 Å². The summed E-state index contributed by atoms with van der Waals surface area (Å²) in [5, 5.41) is 0. The van der Waals surface area contributed by atoms with Gasteiger partial charge in [0.2, 0.25) is 0 Å². The summed E-state index contributed by atoms with van der Waals surface area (Å²) in [7, 11) is 0. The molecule has 0 aromatic carbocycles. The molecule has 1 atom stereocenters. The summed E-state index contributed by atoms with van der Waals surface area (Å²) < 4.78 is 5.24. The highest BCUT2D eigenvalue weighted by atomic mass is 16.5. The molecular formula is C11H20O2. The molecule has 2 heteroatoms. The quantitative estimate of drug-likeness (QED) is 0.670. The van der Waals surface area contributed by atoms with Gasteiger partial charge in [-0.15, -0.1) is 0 Å². The lowest BCUT2D eigenvalue weighted by Gasteiger charge is -2.23. The van der Waals surface area contributed by atoms with Gasteiger partial charge in [0.25, 0.3) is 0 Å². The monoisotopic (exact) mass is 184 g/mol. The van der Waals surface area contributed by atoms with Gasteiger partial charge in [-0.1, -0.05) is 20.3 Å². The normalized spacial score (nSPS) is 21.4. The lowest BCUT2D eigenvalue weighted by atomic mass is 9.86. The van der Waals surface area contributed by atoms with Crippen molar-refractivity contribution in [2.75, 3.05) is 13.2 Å². The number of hydrogen-bond acceptors (Lipinski definition) is 2. The van der Waals surface area contributed by atoms with Gasteiger partial charge < -0.3 is 4.74 Å². The third-order valence-corrected chi connectivity index (χ3v) is 2.83. The maximum Gasteiger partial charge on any atom is 0.138 e. The lowest BCUT2D eigenvalue weighted by Crippen LogP contribution is -2.27. The Morgan fingerprint density at radius 2 is 2.08 bits per heavy atom. The summed E-state index contributed by atoms with van der Waals surface area (Å²) in [5.41, 5.74) is 0. The summed E-state index contributed by atoms with van der Waals surface area (Å²) >= 11 is 0. The van der Waals surface area contributed by atoms with Crippen LogP contribution in [0.3, 0.4) is 0 Å². The van der Waals surface area contributed by atoms with Crippen LogP contribution in [0.15, 0.2) is 0 Å². The molecule has 13 heavy (non-hydrogen) atoms. The topological polar surface area (TPSA) is 26.3 Å². The Hall–Kier alpha value is -0.370. The first kappa shape index (κ1) is 10.7. The first-order chi connectivity index (χ1) is 6.25. The van der Waals surface area contributed by atoms with Gasteiger partial charge in [-0.2, -0.15) is 0 Å². The van der Waals surface area contributed by atoms with Crippen LogP contribution in [0.2, 0.25) is 0 Å². The summed E-state index contributed by atoms with van der Waals surface area (Å²) in [4.78, 5) is 11.8. The van der Waals surface area contributed by atoms with Crippen molar-refractivity contribution in [3.8, 4) is 0 Å². The number of carbonyl (C=O) groups is 1. The molecule has 0 radical (unpaired) electrons. The Kier molecular flexibility index (Phi) is 4.43. The third-order valence-electron chi connectivity index (χ3n) is 2.83. The van der Waals surface area contributed by atoms with E-state index < -0.39 is 0 Å². The standard InChI is InChI=1S/C11H20O2/c1-3-4-9(2)11(12)10-5-7-13-8-6-10/h9-10H,3-8H2,1-2H3. The Labute approximate surface area is 80.7 Å². The Balaban J connectivity index is 2.36. The van der Waals surface area contributed by atoms with E-state index in [-0.39, 0.29) is 11.8 Å². The first-order valence-electron chi connectivity index (χ1n) is 5.37. The fourth-order valence-electron chi connectivity index (χ4n) is 1.96. The first-order valence-corrected chi connectivity index (χ1v) is 5.37. The molecule has 0 aliphatic carbocycles. The SMILES string of the molecule is CCCC(C)C(=O)C1CCOCC1. The smallest absolute Gasteiger partial charge is 0.138 e. The molecule has 0 aromatic rings. The number of Topliss-reactive ketones (excluding diaryl/α,β-unsaturated/α-hetero) is 1. The van der Waals surface area contributed by atoms with E-state index in [1.807, 2.05) is 0 Å². The zero-order valence-electron chi connectivity index (χ0n) is 8.71. The van der Waals surface area contributed by atoms with Gasteiger partial charge in [-0.05, 0) is 19.3 Å². The Bertz CT molecular complexity index is 159. The molecule has 0 spiro atoms. The molecule has 1 unspecified atom stereocenters. The van der Waals surface area contributed by atoms with E-state index in [1.54, 1.807) is 0 Å². The van der Waals surface area contributed by atoms with Crippen LogP contribution in [0.4, 0.5) is 0 Å². The highest BCUT2D eigenvalue weighted by Crippen LogP contribution is 2.21. The van der Waals surface area contributed by atoms with E-state index in [0.29, 0.717) is 5.78 Å². The van der Waals surface area contributed by atoms with Crippen LogP contribution in [0, 0.1) is 11.8 Å². The third kappa shape index (κ3) is 3.11. The number of rotatable bonds is 4. The second-order valence-electron chi connectivity index (χ2n) is 3.98. The molecular weight excluding hydrogens is 164 g/mol. The zero-order chi connectivity index (χ0) is 9.68. The minimum absolute atomic E-state index is 0.257. The average Bonchev–Trinajstić information content (AvgIpc) is 2.18. The van der Waals surface area contributed by atoms with E-state index in [2.05, 4.69) is 13.8 Å². The highest BCUT2D eigenvalue weighted by Gasteiger charge is 2.24. The predicted molar refractivity (Wildman–Crippen MR) is 52.6 cm³/mol. The molecule has 76 valence electrons. The van der Waals surface area contributed by atoms with Gasteiger partial charge in [-0.3, -0.25) is 4.79 Å². The Morgan fingerprint density at radius 3 is 2.62 bits per heavy atom. The lowest BCUT2D eigenvalue weighted by molar-refractivity contribution is -0.129. The van der Waals surface area contributed by atoms with Gasteiger partial charge in [-0.25, -0.2) is 0 Å². The second-order valence-corrected chi connectivity index (χ2v) is 3.98. The molecule has 1 heterocycles. The molecule has 1 fully saturated rings. The van der Waals surface area contributed by atoms with E-state index in [0.717, 1.165) is 38.9 Å². The summed E-state index contributed by atoms with van der Waals surface area (Å²) in [6.45, 7) is 5.74. The molecule has 1 aliphatic rings. The zero-order valence-corrected chi connectivity index (χ0v) is 8.71. The summed E-state index contributed by atoms with van der Waals surface area (Å²) in [6.07, 6.45) is 4.02. The largest absolute Gasteiger partial charge is 0.381 e. The van der Waals surface area contributed by atoms with Gasteiger partial charge in [0, 0.05) is 25.0 Å². The molecule has 1 rings (SSSR count). The van der Waals surface area contributed by atoms with Crippen molar-refractivity contribution in [2.24, 2.45) is 11.8 Å². The number of hydrogen-bond donors (Lipinski definition) is 0. The number of carbonyl (C=O) groups excluding carboxylic acids is 1. The summed E-state index contributed by atoms with van der Waals surface area (Å²) in [6, 6.07) is 0. The molecule has 0 N–H and O–H groups in total. The Morgan fingerprint density at radius 1 is 1.46 bits per heavy atom. The molecule has 1 aliphatic heterocycles. The van der Waals surface area contributed by atoms with Crippen LogP contribution in [0.25, 0.3) is 0 Å². The predicted octanol–water partition coefficient (Wildman–Crippen LogP) is 2.42. The molecule has 2 nitrogen and oxygen atoms in total. The average molecular weight is 184 g/mol. The van der Waals surface area contributed by atoms with Crippen LogP contribution in [-0.4, -0.2) is 19.0 Å². The van der Waals surface area contributed by atoms with Crippen LogP contribution in [0.1, 0.15) is 39.5 Å². The number of ketones is 1. The van der Waals surface area contributed by atoms with Crippen LogP contribution in [-0.2, 0) is 9.53 Å². The fourth-order valence-corrected chi connectivity index (χ4v) is 1.96. The van der Waals surface area contributed by atoms with Crippen molar-refractivity contribution in [2.45, 2.75) is 39.5 Å². The van der Waals surface area contributed by atoms with Gasteiger partial charge in [0.1, 0.15) is 5.78 Å². The van der Waals surface area contributed by atoms with Crippen molar-refractivity contribution in [1.82, 2.24) is 0 Å². The molecule has 0 aromatic heterocycles. The van der Waals surface area contributed by atoms with Crippen LogP contribution in [0.5, 0.6) is 0 Å². The van der Waals surface area contributed by atoms with Crippen molar-refractivity contribution < 1.29 is 9.53 Å². The maximum atomic E-state index is 11.8. The van der Waals surface area contributed by atoms with Crippen molar-refractivity contribution in [3.05, 3.63) is 0 Å². The van der Waals surface area contributed by atoms with Crippen molar-refractivity contribution >= 4 is 5.78 Å². The molecule has 0 saturated carbocycles. The maximum absolute atomic E-state index is 11.8. The van der Waals surface area contributed by atoms with E-state index >= 15 is 0 Å². The van der Waals surface area contributed by atoms with Gasteiger partial charge >= 0.3 is 0 Å². The summed E-state index contributed by atoms with van der Waals surface area (Å²) in [5.74, 6) is 1.01. The fraction of sp³-hybridized carbons (Fsp3) is 0.909. The van der Waals surface area contributed by atoms with Crippen LogP contribution < -0.4 is 0 Å². The van der Waals surface area contributed by atoms with Gasteiger partial charge in [0.15, 0.2) is 0 Å². The molecule has 0 bridgehead atoms. The molecule has 0 amide bonds. The van der Waals surface area contributed by atoms with E-state index in [1.165, 1.54) is 0 Å². The van der Waals surface area contributed by atoms with Crippen molar-refractivity contribution in [1.29, 1.82) is 0 Å². The second kappa shape index (κ2) is 5.38. The minimum atomic E-state index is 0.257.